The van der Waals surface area contributed by atoms with E-state index in [1.165, 1.54) is 17.7 Å². The largest absolute Gasteiger partial charge is 0.382 e. The van der Waals surface area contributed by atoms with E-state index in [4.69, 9.17) is 4.74 Å². The van der Waals surface area contributed by atoms with Gasteiger partial charge in [-0.2, -0.15) is 0 Å². The fraction of sp³-hybridized carbons (Fsp3) is 0.750. The predicted molar refractivity (Wildman–Crippen MR) is 108 cm³/mol. The molecule has 1 aromatic rings. The molecule has 0 atom stereocenters. The number of aliphatic imine (C=N–C) groups is 1. The average molecular weight is 452 g/mol. The molecule has 0 bridgehead atoms. The predicted octanol–water partition coefficient (Wildman–Crippen LogP) is 3.33. The molecule has 7 heteroatoms. The molecule has 1 saturated carbocycles. The summed E-state index contributed by atoms with van der Waals surface area (Å²) < 4.78 is 5.49. The number of ether oxygens (including phenoxy) is 1. The van der Waals surface area contributed by atoms with Gasteiger partial charge in [0.15, 0.2) is 5.96 Å². The van der Waals surface area contributed by atoms with E-state index in [1.807, 2.05) is 13.1 Å². The molecule has 0 radical (unpaired) electrons. The van der Waals surface area contributed by atoms with Crippen LogP contribution in [0, 0.1) is 12.3 Å². The van der Waals surface area contributed by atoms with Gasteiger partial charge in [-0.15, -0.1) is 35.3 Å². The molecule has 0 saturated heterocycles. The molecule has 2 N–H and O–H groups in total. The van der Waals surface area contributed by atoms with Crippen molar-refractivity contribution in [1.82, 2.24) is 15.6 Å². The molecule has 1 aromatic heterocycles. The van der Waals surface area contributed by atoms with E-state index in [-0.39, 0.29) is 24.0 Å². The van der Waals surface area contributed by atoms with E-state index in [2.05, 4.69) is 34.5 Å². The summed E-state index contributed by atoms with van der Waals surface area (Å²) in [5.41, 5.74) is 0.420. The van der Waals surface area contributed by atoms with E-state index in [9.17, 15) is 0 Å². The van der Waals surface area contributed by atoms with Gasteiger partial charge in [0.05, 0.1) is 6.54 Å². The van der Waals surface area contributed by atoms with Crippen molar-refractivity contribution in [3.8, 4) is 0 Å². The van der Waals surface area contributed by atoms with Crippen LogP contribution < -0.4 is 10.6 Å². The first-order valence-electron chi connectivity index (χ1n) is 8.19. The highest BCUT2D eigenvalue weighted by atomic mass is 127. The van der Waals surface area contributed by atoms with Gasteiger partial charge in [0.25, 0.3) is 0 Å². The zero-order valence-corrected chi connectivity index (χ0v) is 17.5. The van der Waals surface area contributed by atoms with Gasteiger partial charge in [-0.3, -0.25) is 0 Å². The second-order valence-corrected chi connectivity index (χ2v) is 7.18. The third kappa shape index (κ3) is 7.34. The summed E-state index contributed by atoms with van der Waals surface area (Å²) in [6.45, 7) is 10.4. The maximum Gasteiger partial charge on any atom is 0.191 e. The van der Waals surface area contributed by atoms with Gasteiger partial charge in [0.1, 0.15) is 5.01 Å². The number of aromatic nitrogens is 1. The first kappa shape index (κ1) is 20.6. The maximum atomic E-state index is 5.49. The molecule has 1 aliphatic carbocycles. The number of rotatable bonds is 9. The Morgan fingerprint density at radius 2 is 2.17 bits per heavy atom. The first-order valence-corrected chi connectivity index (χ1v) is 9.00. The second kappa shape index (κ2) is 10.5. The summed E-state index contributed by atoms with van der Waals surface area (Å²) in [5.74, 6) is 0.887. The Morgan fingerprint density at radius 1 is 1.39 bits per heavy atom. The van der Waals surface area contributed by atoms with Gasteiger partial charge in [-0.05, 0) is 45.4 Å². The van der Waals surface area contributed by atoms with Crippen LogP contribution in [0.2, 0.25) is 0 Å². The zero-order valence-electron chi connectivity index (χ0n) is 14.4. The van der Waals surface area contributed by atoms with Crippen LogP contribution in [0.5, 0.6) is 0 Å². The van der Waals surface area contributed by atoms with Crippen LogP contribution in [0.3, 0.4) is 0 Å². The van der Waals surface area contributed by atoms with Gasteiger partial charge in [0, 0.05) is 37.4 Å². The van der Waals surface area contributed by atoms with Crippen molar-refractivity contribution in [2.75, 3.05) is 26.3 Å². The van der Waals surface area contributed by atoms with Crippen molar-refractivity contribution in [1.29, 1.82) is 0 Å². The third-order valence-corrected chi connectivity index (χ3v) is 4.85. The van der Waals surface area contributed by atoms with Crippen LogP contribution in [-0.4, -0.2) is 37.2 Å². The minimum absolute atomic E-state index is 0. The topological polar surface area (TPSA) is 58.5 Å². The van der Waals surface area contributed by atoms with Gasteiger partial charge < -0.3 is 15.4 Å². The summed E-state index contributed by atoms with van der Waals surface area (Å²) in [4.78, 5) is 10.2. The molecule has 1 fully saturated rings. The molecule has 1 aliphatic rings. The fourth-order valence-corrected chi connectivity index (χ4v) is 3.07. The lowest BCUT2D eigenvalue weighted by molar-refractivity contribution is 0.128. The molecule has 132 valence electrons. The van der Waals surface area contributed by atoms with Gasteiger partial charge in [0.2, 0.25) is 0 Å². The normalized spacial score (nSPS) is 15.9. The van der Waals surface area contributed by atoms with Crippen molar-refractivity contribution in [3.05, 3.63) is 16.1 Å². The number of guanidine groups is 1. The molecule has 0 spiro atoms. The Balaban J connectivity index is 0.00000264. The van der Waals surface area contributed by atoms with Crippen molar-refractivity contribution >= 4 is 41.3 Å². The van der Waals surface area contributed by atoms with E-state index < -0.39 is 0 Å². The first-order chi connectivity index (χ1) is 10.7. The van der Waals surface area contributed by atoms with Crippen molar-refractivity contribution in [2.45, 2.75) is 46.6 Å². The molecule has 0 unspecified atom stereocenters. The van der Waals surface area contributed by atoms with Crippen LogP contribution in [-0.2, 0) is 11.3 Å². The van der Waals surface area contributed by atoms with Gasteiger partial charge >= 0.3 is 0 Å². The van der Waals surface area contributed by atoms with E-state index >= 15 is 0 Å². The molecular formula is C16H29IN4OS. The number of nitrogens with one attached hydrogen (secondary N) is 2. The number of hydrogen-bond acceptors (Lipinski definition) is 4. The maximum absolute atomic E-state index is 5.49. The Morgan fingerprint density at radius 3 is 2.74 bits per heavy atom. The number of nitrogens with zero attached hydrogens (tertiary/aromatic N) is 2. The van der Waals surface area contributed by atoms with Crippen LogP contribution in [0.1, 0.15) is 43.0 Å². The molecule has 23 heavy (non-hydrogen) atoms. The van der Waals surface area contributed by atoms with Crippen LogP contribution >= 0.6 is 35.3 Å². The molecule has 0 aromatic carbocycles. The Hall–Kier alpha value is -0.410. The van der Waals surface area contributed by atoms with Crippen LogP contribution in [0.4, 0.5) is 0 Å². The SMILES string of the molecule is CCNC(=NCc1ncc(C)s1)NCC1(CCOCC)CC1.I. The standard InChI is InChI=1S/C16H28N4OS.HI/c1-4-17-15(19-11-14-18-10-13(3)22-14)20-12-16(6-7-16)8-9-21-5-2;/h10H,4-9,11-12H2,1-3H3,(H2,17,19,20);1H. The molecule has 1 heterocycles. The highest BCUT2D eigenvalue weighted by Crippen LogP contribution is 2.48. The Bertz CT molecular complexity index is 488. The van der Waals surface area contributed by atoms with E-state index in [1.54, 1.807) is 11.3 Å². The molecule has 5 nitrogen and oxygen atoms in total. The summed E-state index contributed by atoms with van der Waals surface area (Å²) in [6, 6.07) is 0. The Labute approximate surface area is 160 Å². The minimum Gasteiger partial charge on any atom is -0.382 e. The van der Waals surface area contributed by atoms with Gasteiger partial charge in [-0.1, -0.05) is 0 Å². The summed E-state index contributed by atoms with van der Waals surface area (Å²) in [5, 5.41) is 7.86. The zero-order chi connectivity index (χ0) is 15.8. The van der Waals surface area contributed by atoms with Crippen molar-refractivity contribution < 1.29 is 4.74 Å². The monoisotopic (exact) mass is 452 g/mol. The number of thiazole rings is 1. The number of hydrogen-bond donors (Lipinski definition) is 2. The minimum atomic E-state index is 0. The quantitative estimate of drug-likeness (QED) is 0.261. The summed E-state index contributed by atoms with van der Waals surface area (Å²) in [7, 11) is 0. The lowest BCUT2D eigenvalue weighted by atomic mass is 10.0. The lowest BCUT2D eigenvalue weighted by Crippen LogP contribution is -2.40. The number of halogens is 1. The second-order valence-electron chi connectivity index (χ2n) is 5.86. The van der Waals surface area contributed by atoms with Crippen LogP contribution in [0.25, 0.3) is 0 Å². The fourth-order valence-electron chi connectivity index (χ4n) is 2.36. The summed E-state index contributed by atoms with van der Waals surface area (Å²) in [6.07, 6.45) is 5.62. The molecule has 0 amide bonds. The van der Waals surface area contributed by atoms with E-state index in [0.717, 1.165) is 43.7 Å². The molecular weight excluding hydrogens is 423 g/mol. The smallest absolute Gasteiger partial charge is 0.191 e. The molecule has 2 rings (SSSR count). The summed E-state index contributed by atoms with van der Waals surface area (Å²) >= 11 is 1.71. The highest BCUT2D eigenvalue weighted by Gasteiger charge is 2.41. The lowest BCUT2D eigenvalue weighted by Gasteiger charge is -2.18. The van der Waals surface area contributed by atoms with Gasteiger partial charge in [-0.25, -0.2) is 9.98 Å². The van der Waals surface area contributed by atoms with Crippen molar-refractivity contribution in [2.24, 2.45) is 10.4 Å². The average Bonchev–Trinajstić information content (AvgIpc) is 3.16. The highest BCUT2D eigenvalue weighted by molar-refractivity contribution is 14.0. The third-order valence-electron chi connectivity index (χ3n) is 3.95. The van der Waals surface area contributed by atoms with Crippen LogP contribution in [0.15, 0.2) is 11.2 Å². The van der Waals surface area contributed by atoms with E-state index in [0.29, 0.717) is 12.0 Å². The number of aryl methyl sites for hydroxylation is 1. The Kier molecular flexibility index (Phi) is 9.38. The van der Waals surface area contributed by atoms with Crippen molar-refractivity contribution in [3.63, 3.8) is 0 Å². The molecule has 0 aliphatic heterocycles.